The van der Waals surface area contributed by atoms with Crippen LogP contribution in [0.4, 0.5) is 0 Å². The molecule has 50 heteroatoms. The van der Waals surface area contributed by atoms with Gasteiger partial charge in [0.25, 0.3) is 0 Å². The van der Waals surface area contributed by atoms with Crippen LogP contribution < -0.4 is 26.6 Å². The van der Waals surface area contributed by atoms with Gasteiger partial charge in [-0.05, 0) is 6.92 Å². The number of aliphatic hydroxyl groups is 23. The Bertz CT molecular complexity index is 3080. The normalized spacial score (nSPS) is 48.2. The summed E-state index contributed by atoms with van der Waals surface area (Å²) in [6.07, 6.45) is -83.8. The summed E-state index contributed by atoms with van der Waals surface area (Å²) < 4.78 is 104. The van der Waals surface area contributed by atoms with E-state index in [4.69, 9.17) is 80.5 Å². The van der Waals surface area contributed by atoms with Crippen LogP contribution in [0.5, 0.6) is 0 Å². The van der Waals surface area contributed by atoms with Crippen LogP contribution in [-0.2, 0) is 104 Å². The molecule has 9 aliphatic rings. The molecule has 0 aromatic heterocycles. The molecule has 0 aromatic rings. The summed E-state index contributed by atoms with van der Waals surface area (Å²) in [4.78, 5) is 64.1. The van der Waals surface area contributed by atoms with Gasteiger partial charge < -0.3 is 225 Å². The number of carbonyl (C=O) groups is 5. The van der Waals surface area contributed by atoms with E-state index >= 15 is 0 Å². The van der Waals surface area contributed by atoms with E-state index in [9.17, 15) is 141 Å². The summed E-state index contributed by atoms with van der Waals surface area (Å²) in [6, 6.07) is -9.44. The third-order valence-corrected chi connectivity index (χ3v) is 20.7. The lowest BCUT2D eigenvalue weighted by Gasteiger charge is -2.52. The van der Waals surface area contributed by atoms with Crippen molar-refractivity contribution >= 4 is 29.5 Å². The highest BCUT2D eigenvalue weighted by Gasteiger charge is 2.61. The number of aliphatic hydroxyl groups excluding tert-OH is 23. The smallest absolute Gasteiger partial charge is 0.217 e. The minimum absolute atomic E-state index is 0.845. The van der Waals surface area contributed by atoms with Crippen LogP contribution in [0.15, 0.2) is 0 Å². The third kappa shape index (κ3) is 21.0. The average molecular weight is 1670 g/mol. The maximum Gasteiger partial charge on any atom is 0.217 e. The fourth-order valence-corrected chi connectivity index (χ4v) is 14.7. The van der Waals surface area contributed by atoms with E-state index in [2.05, 4.69) is 26.6 Å². The molecule has 0 spiro atoms. The van der Waals surface area contributed by atoms with Crippen LogP contribution in [0.25, 0.3) is 0 Å². The first-order valence-corrected chi connectivity index (χ1v) is 36.5. The van der Waals surface area contributed by atoms with Crippen molar-refractivity contribution in [2.75, 3.05) is 52.9 Å². The first-order valence-electron chi connectivity index (χ1n) is 36.5. The molecule has 0 saturated carbocycles. The van der Waals surface area contributed by atoms with Gasteiger partial charge in [0.15, 0.2) is 56.6 Å². The van der Waals surface area contributed by atoms with E-state index in [-0.39, 0.29) is 0 Å². The predicted molar refractivity (Wildman–Crippen MR) is 354 cm³/mol. The zero-order valence-corrected chi connectivity index (χ0v) is 61.9. The lowest BCUT2D eigenvalue weighted by molar-refractivity contribution is -0.407. The van der Waals surface area contributed by atoms with Gasteiger partial charge in [-0.3, -0.25) is 24.0 Å². The van der Waals surface area contributed by atoms with E-state index in [1.165, 1.54) is 6.92 Å². The number of ether oxygens (including phenoxy) is 17. The van der Waals surface area contributed by atoms with Gasteiger partial charge in [0.05, 0.1) is 59.0 Å². The molecule has 658 valence electrons. The number of carbonyl (C=O) groups excluding carboxylic acids is 5. The molecule has 0 aromatic carbocycles. The Labute approximate surface area is 646 Å². The molecule has 50 nitrogen and oxygen atoms in total. The van der Waals surface area contributed by atoms with Crippen LogP contribution in [0, 0.1) is 0 Å². The molecule has 9 aliphatic heterocycles. The Morgan fingerprint density at radius 2 is 0.535 bits per heavy atom. The maximum atomic E-state index is 13.3. The van der Waals surface area contributed by atoms with E-state index < -0.39 is 358 Å². The Kier molecular flexibility index (Phi) is 33.6. The number of rotatable bonds is 29. The average Bonchev–Trinajstić information content (AvgIpc) is 0.761. The topological polar surface area (TPSA) is 768 Å². The quantitative estimate of drug-likeness (QED) is 0.0331. The molecule has 9 rings (SSSR count). The Morgan fingerprint density at radius 3 is 0.947 bits per heavy atom. The molecule has 9 heterocycles. The molecule has 5 amide bonds. The summed E-state index contributed by atoms with van der Waals surface area (Å²) in [5.74, 6) is -4.59. The van der Waals surface area contributed by atoms with Gasteiger partial charge in [-0.1, -0.05) is 0 Å². The van der Waals surface area contributed by atoms with Crippen molar-refractivity contribution in [1.82, 2.24) is 26.6 Å². The molecule has 45 atom stereocenters. The van der Waals surface area contributed by atoms with Crippen molar-refractivity contribution < 1.29 is 222 Å². The van der Waals surface area contributed by atoms with Crippen molar-refractivity contribution in [3.05, 3.63) is 0 Å². The summed E-state index contributed by atoms with van der Waals surface area (Å²) in [6.45, 7) is -2.88. The van der Waals surface area contributed by atoms with Gasteiger partial charge in [-0.2, -0.15) is 0 Å². The molecule has 9 saturated heterocycles. The zero-order valence-electron chi connectivity index (χ0n) is 61.9. The summed E-state index contributed by atoms with van der Waals surface area (Å²) >= 11 is 0. The molecular weight excluding hydrogens is 1560 g/mol. The first-order chi connectivity index (χ1) is 53.8. The van der Waals surface area contributed by atoms with Crippen molar-refractivity contribution in [1.29, 1.82) is 0 Å². The molecule has 28 N–H and O–H groups in total. The van der Waals surface area contributed by atoms with Crippen LogP contribution in [0.1, 0.15) is 41.5 Å². The van der Waals surface area contributed by atoms with Crippen molar-refractivity contribution in [3.63, 3.8) is 0 Å². The molecule has 9 fully saturated rings. The van der Waals surface area contributed by atoms with Gasteiger partial charge >= 0.3 is 0 Å². The molecule has 0 radical (unpaired) electrons. The Hall–Kier alpha value is -4.25. The first kappa shape index (κ1) is 93.6. The number of hydrogen-bond donors (Lipinski definition) is 28. The SMILES string of the molecule is CC(=O)N[C@H]1[C@H](O[C@H]2[C@H](O)[C@@H](NC(C)=O)C(O)O[C@@H]2CO[C@@H]2O[C@@H](C)[C@@H](O)[C@@H](O)[C@@H]2O)O[C@H](CO)[C@@H](O[C@H]2O[C@H](CO[C@H]3O[C@H](CO)[C@@H](O)[C@H](O)[C@@H]3O[C@@H]3O[C@H](CO)[C@@H](O)[C@H](O)[C@H]3NC(C)=O)[C@@H](O[C@@H]3O[C@H](CO)[C@@H](O)[C@H](O)[C@H]3NC(C)=O)[C@H](O[C@H]3O[C@H](CO)[C@@H](O)[C@H](O)[C@@H]3O[C@@H]3O[C@H](CO)[C@@H](O)[C@H](O)[C@H]3NC(C)=O)[C@@H]2O)[C@@H]1O. The van der Waals surface area contributed by atoms with E-state index in [1.54, 1.807) is 0 Å². The minimum Gasteiger partial charge on any atom is -0.394 e. The van der Waals surface area contributed by atoms with Gasteiger partial charge in [0.2, 0.25) is 29.5 Å². The highest BCUT2D eigenvalue weighted by Crippen LogP contribution is 2.41. The van der Waals surface area contributed by atoms with Crippen LogP contribution in [0.3, 0.4) is 0 Å². The Morgan fingerprint density at radius 1 is 0.246 bits per heavy atom. The van der Waals surface area contributed by atoms with E-state index in [0.717, 1.165) is 34.6 Å². The van der Waals surface area contributed by atoms with Crippen LogP contribution in [-0.4, -0.2) is 476 Å². The van der Waals surface area contributed by atoms with E-state index in [0.29, 0.717) is 0 Å². The predicted octanol–water partition coefficient (Wildman–Crippen LogP) is -18.9. The van der Waals surface area contributed by atoms with Gasteiger partial charge in [-0.25, -0.2) is 0 Å². The van der Waals surface area contributed by atoms with Gasteiger partial charge in [0, 0.05) is 34.6 Å². The van der Waals surface area contributed by atoms with Crippen LogP contribution >= 0.6 is 0 Å². The molecule has 114 heavy (non-hydrogen) atoms. The highest BCUT2D eigenvalue weighted by molar-refractivity contribution is 5.75. The molecular formula is C64H107N5O45. The minimum atomic E-state index is -2.70. The number of hydrogen-bond acceptors (Lipinski definition) is 45. The second-order valence-corrected chi connectivity index (χ2v) is 28.9. The maximum absolute atomic E-state index is 13.3. The van der Waals surface area contributed by atoms with Gasteiger partial charge in [-0.15, -0.1) is 0 Å². The summed E-state index contributed by atoms with van der Waals surface area (Å²) in [5, 5.41) is 270. The second kappa shape index (κ2) is 40.9. The zero-order chi connectivity index (χ0) is 84.1. The van der Waals surface area contributed by atoms with Crippen molar-refractivity contribution in [2.24, 2.45) is 0 Å². The number of nitrogens with one attached hydrogen (secondary N) is 5. The molecule has 0 aliphatic carbocycles. The van der Waals surface area contributed by atoms with Crippen molar-refractivity contribution in [2.45, 2.75) is 318 Å². The van der Waals surface area contributed by atoms with E-state index in [1.807, 2.05) is 0 Å². The monoisotopic (exact) mass is 1670 g/mol. The van der Waals surface area contributed by atoms with Gasteiger partial charge in [0.1, 0.15) is 213 Å². The standard InChI is InChI=1S/C64H107N5O45/c1-15-34(81)45(92)48(95)61(100-15)98-13-27-51(43(90)29(56(97)101-27)65-16(2)76)109-60-33(69-20(6)80)44(91)50(26(12-75)107-60)110-62-49(96)53(112-64-55(47(94)39(86)25(11-74)106-64)114-59-32(68-19(5)79)42(89)37(84)23(9-72)104-59)52(111-57-30(66-17(3)77)40(87)35(82)21(7-70)102-57)28(108-62)14-99-63-54(46(93)38(85)24(10-73)105-63)113-58-31(67-18(4)78)41(88)36(83)22(8-71)103-58/h15,21-64,70-75,81-97H,7-14H2,1-6H3,(H,65,76)(H,66,77)(H,67,78)(H,68,79)(H,69,80)/t15-,21+,22+,23+,24+,25+,26+,27+,28+,29+,30+,31+,32+,33+,34+,35+,36+,37+,38+,39+,40+,41+,42+,43+,44+,45+,46-,47-,48-,49-,50+,51+,52+,53+,54-,55-,56?,57-,58-,59-,60-,61+,62+,63-,64+/m0/s1. The fraction of sp³-hybridized carbons (Fsp3) is 0.922. The fourth-order valence-electron chi connectivity index (χ4n) is 14.7. The summed E-state index contributed by atoms with van der Waals surface area (Å²) in [5.41, 5.74) is 0. The third-order valence-electron chi connectivity index (χ3n) is 20.7. The lowest BCUT2D eigenvalue weighted by Crippen LogP contribution is -2.71. The highest BCUT2D eigenvalue weighted by atomic mass is 16.8. The summed E-state index contributed by atoms with van der Waals surface area (Å²) in [7, 11) is 0. The van der Waals surface area contributed by atoms with Crippen molar-refractivity contribution in [3.8, 4) is 0 Å². The second-order valence-electron chi connectivity index (χ2n) is 28.9. The number of amides is 5. The van der Waals surface area contributed by atoms with Crippen LogP contribution in [0.2, 0.25) is 0 Å². The largest absolute Gasteiger partial charge is 0.394 e. The molecule has 0 bridgehead atoms. The molecule has 1 unspecified atom stereocenters. The lowest BCUT2D eigenvalue weighted by atomic mass is 9.93. The Balaban J connectivity index is 1.16.